The van der Waals surface area contributed by atoms with Gasteiger partial charge >= 0.3 is 17.6 Å². The highest BCUT2D eigenvalue weighted by Crippen LogP contribution is 2.37. The van der Waals surface area contributed by atoms with E-state index >= 15 is 0 Å². The topological polar surface area (TPSA) is 80.3 Å². The molecule has 2 aliphatic rings. The van der Waals surface area contributed by atoms with Crippen molar-refractivity contribution in [2.45, 2.75) is 64.4 Å². The van der Waals surface area contributed by atoms with Gasteiger partial charge in [0.15, 0.2) is 6.29 Å². The van der Waals surface area contributed by atoms with Crippen molar-refractivity contribution in [1.29, 1.82) is 0 Å². The third-order valence-corrected chi connectivity index (χ3v) is 5.42. The van der Waals surface area contributed by atoms with Crippen LogP contribution in [-0.2, 0) is 24.5 Å². The average molecular weight is 402 g/mol. The molecule has 10 heteroatoms. The highest BCUT2D eigenvalue weighted by Gasteiger charge is 2.52. The van der Waals surface area contributed by atoms with Gasteiger partial charge in [0.1, 0.15) is 11.5 Å². The van der Waals surface area contributed by atoms with E-state index in [9.17, 15) is 12.3 Å². The molecule has 0 aliphatic carbocycles. The molecule has 0 aromatic heterocycles. The Morgan fingerprint density at radius 3 is 2.26 bits per heavy atom. The zero-order valence-electron chi connectivity index (χ0n) is 15.9. The highest BCUT2D eigenvalue weighted by atomic mass is 32.3. The first-order valence-corrected chi connectivity index (χ1v) is 10.2. The van der Waals surface area contributed by atoms with Crippen LogP contribution in [0.4, 0.5) is 3.89 Å². The Kier molecular flexibility index (Phi) is 5.46. The normalized spacial score (nSPS) is 24.6. The molecular formula is C17H24BFO7S. The van der Waals surface area contributed by atoms with Crippen LogP contribution in [0.5, 0.6) is 11.5 Å². The van der Waals surface area contributed by atoms with Crippen LogP contribution in [-0.4, -0.2) is 39.6 Å². The van der Waals surface area contributed by atoms with E-state index in [0.29, 0.717) is 18.5 Å². The standard InChI is InChI=1S/C17H24BFO7S/c1-16(2)17(3,4)26-18(25-16)12-9-13(23-15-7-5-6-8-22-15)11-14(10-12)24-27(19,20)21/h9-11,15H,5-8H2,1-4H3. The molecule has 0 saturated carbocycles. The van der Waals surface area contributed by atoms with Crippen LogP contribution >= 0.6 is 0 Å². The average Bonchev–Trinajstić information content (AvgIpc) is 2.74. The number of hydrogen-bond donors (Lipinski definition) is 0. The van der Waals surface area contributed by atoms with Gasteiger partial charge in [0.05, 0.1) is 17.8 Å². The van der Waals surface area contributed by atoms with Crippen LogP contribution in [0.2, 0.25) is 0 Å². The van der Waals surface area contributed by atoms with Gasteiger partial charge in [-0.1, -0.05) is 3.89 Å². The van der Waals surface area contributed by atoms with Crippen LogP contribution in [0.3, 0.4) is 0 Å². The lowest BCUT2D eigenvalue weighted by Gasteiger charge is -2.32. The fraction of sp³-hybridized carbons (Fsp3) is 0.647. The summed E-state index contributed by atoms with van der Waals surface area (Å²) in [6, 6.07) is 4.30. The van der Waals surface area contributed by atoms with Crippen molar-refractivity contribution in [2.24, 2.45) is 0 Å². The molecule has 1 aromatic rings. The third kappa shape index (κ3) is 4.93. The van der Waals surface area contributed by atoms with Crippen molar-refractivity contribution in [3.63, 3.8) is 0 Å². The van der Waals surface area contributed by atoms with E-state index in [2.05, 4.69) is 4.18 Å². The number of benzene rings is 1. The van der Waals surface area contributed by atoms with E-state index in [-0.39, 0.29) is 11.5 Å². The first-order valence-electron chi connectivity index (χ1n) is 8.88. The summed E-state index contributed by atoms with van der Waals surface area (Å²) in [6.45, 7) is 8.17. The van der Waals surface area contributed by atoms with Gasteiger partial charge < -0.3 is 23.0 Å². The number of halogens is 1. The van der Waals surface area contributed by atoms with Crippen molar-refractivity contribution in [2.75, 3.05) is 6.61 Å². The van der Waals surface area contributed by atoms with E-state index in [4.69, 9.17) is 18.8 Å². The molecule has 0 bridgehead atoms. The van der Waals surface area contributed by atoms with Crippen molar-refractivity contribution < 1.29 is 35.3 Å². The molecule has 1 atom stereocenters. The lowest BCUT2D eigenvalue weighted by atomic mass is 9.79. The summed E-state index contributed by atoms with van der Waals surface area (Å²) in [5.74, 6) is 0.0586. The van der Waals surface area contributed by atoms with Gasteiger partial charge in [-0.15, -0.1) is 0 Å². The number of rotatable bonds is 5. The van der Waals surface area contributed by atoms with Crippen molar-refractivity contribution in [3.05, 3.63) is 18.2 Å². The van der Waals surface area contributed by atoms with Gasteiger partial charge in [-0.25, -0.2) is 0 Å². The van der Waals surface area contributed by atoms with Gasteiger partial charge in [0.25, 0.3) is 0 Å². The lowest BCUT2D eigenvalue weighted by molar-refractivity contribution is -0.105. The van der Waals surface area contributed by atoms with Crippen LogP contribution in [0.25, 0.3) is 0 Å². The molecule has 2 heterocycles. The van der Waals surface area contributed by atoms with Gasteiger partial charge in [0, 0.05) is 12.5 Å². The van der Waals surface area contributed by atoms with E-state index in [1.165, 1.54) is 12.1 Å². The van der Waals surface area contributed by atoms with Gasteiger partial charge in [0.2, 0.25) is 0 Å². The fourth-order valence-corrected chi connectivity index (χ4v) is 3.22. The van der Waals surface area contributed by atoms with Crippen molar-refractivity contribution in [1.82, 2.24) is 0 Å². The first kappa shape index (κ1) is 20.4. The maximum absolute atomic E-state index is 13.0. The second-order valence-electron chi connectivity index (χ2n) is 7.72. The third-order valence-electron chi connectivity index (χ3n) is 5.03. The SMILES string of the molecule is CC1(C)OB(c2cc(OC3CCCCO3)cc(OS(=O)(=O)F)c2)OC1(C)C. The summed E-state index contributed by atoms with van der Waals surface area (Å²) in [5, 5.41) is 0. The van der Waals surface area contributed by atoms with E-state index in [0.717, 1.165) is 12.8 Å². The predicted molar refractivity (Wildman–Crippen MR) is 97.0 cm³/mol. The number of ether oxygens (including phenoxy) is 2. The minimum atomic E-state index is -5.18. The zero-order chi connectivity index (χ0) is 19.9. The maximum Gasteiger partial charge on any atom is 0.495 e. The highest BCUT2D eigenvalue weighted by molar-refractivity contribution is 7.81. The smallest absolute Gasteiger partial charge is 0.465 e. The zero-order valence-corrected chi connectivity index (χ0v) is 16.7. The maximum atomic E-state index is 13.0. The van der Waals surface area contributed by atoms with Crippen LogP contribution in [0.15, 0.2) is 18.2 Å². The summed E-state index contributed by atoms with van der Waals surface area (Å²) < 4.78 is 62.6. The summed E-state index contributed by atoms with van der Waals surface area (Å²) in [6.07, 6.45) is 2.17. The van der Waals surface area contributed by atoms with Crippen LogP contribution < -0.4 is 14.4 Å². The molecule has 1 aromatic carbocycles. The molecule has 0 radical (unpaired) electrons. The Labute approximate surface area is 159 Å². The Morgan fingerprint density at radius 2 is 1.70 bits per heavy atom. The Bertz CT molecular complexity index is 774. The molecule has 150 valence electrons. The minimum absolute atomic E-state index is 0.226. The molecule has 27 heavy (non-hydrogen) atoms. The van der Waals surface area contributed by atoms with Crippen LogP contribution in [0.1, 0.15) is 47.0 Å². The quantitative estimate of drug-likeness (QED) is 0.553. The summed E-state index contributed by atoms with van der Waals surface area (Å²) in [4.78, 5) is 0. The molecule has 0 amide bonds. The lowest BCUT2D eigenvalue weighted by Crippen LogP contribution is -2.41. The first-order chi connectivity index (χ1) is 12.5. The number of hydrogen-bond acceptors (Lipinski definition) is 7. The van der Waals surface area contributed by atoms with Gasteiger partial charge in [-0.05, 0) is 58.1 Å². The monoisotopic (exact) mass is 402 g/mol. The van der Waals surface area contributed by atoms with Crippen LogP contribution in [0, 0.1) is 0 Å². The predicted octanol–water partition coefficient (Wildman–Crippen LogP) is 2.48. The second-order valence-corrected chi connectivity index (χ2v) is 8.67. The van der Waals surface area contributed by atoms with E-state index in [1.807, 2.05) is 27.7 Å². The molecule has 0 spiro atoms. The Morgan fingerprint density at radius 1 is 1.07 bits per heavy atom. The van der Waals surface area contributed by atoms with Crippen molar-refractivity contribution in [3.8, 4) is 11.5 Å². The second kappa shape index (κ2) is 7.23. The summed E-state index contributed by atoms with van der Waals surface area (Å²) in [7, 11) is -5.96. The molecule has 2 aliphatic heterocycles. The van der Waals surface area contributed by atoms with Crippen molar-refractivity contribution >= 4 is 23.1 Å². The minimum Gasteiger partial charge on any atom is -0.465 e. The molecule has 0 N–H and O–H groups in total. The van der Waals surface area contributed by atoms with Gasteiger partial charge in [-0.2, -0.15) is 8.42 Å². The molecule has 2 fully saturated rings. The van der Waals surface area contributed by atoms with E-state index in [1.54, 1.807) is 6.07 Å². The Balaban J connectivity index is 1.90. The molecule has 2 saturated heterocycles. The molecule has 1 unspecified atom stereocenters. The van der Waals surface area contributed by atoms with Gasteiger partial charge in [-0.3, -0.25) is 0 Å². The molecule has 7 nitrogen and oxygen atoms in total. The molecule has 3 rings (SSSR count). The Hall–Kier alpha value is -1.36. The fourth-order valence-electron chi connectivity index (χ4n) is 2.90. The largest absolute Gasteiger partial charge is 0.495 e. The summed E-state index contributed by atoms with van der Waals surface area (Å²) in [5.41, 5.74) is -0.719. The summed E-state index contributed by atoms with van der Waals surface area (Å²) >= 11 is 0. The van der Waals surface area contributed by atoms with E-state index < -0.39 is 35.1 Å². The molecular weight excluding hydrogens is 378 g/mol.